The normalized spacial score (nSPS) is 18.8. The number of likely N-dealkylation sites (N-methyl/N-ethyl adjacent to an activating group) is 1. The number of hydrogen-bond acceptors (Lipinski definition) is 7. The zero-order valence-electron chi connectivity index (χ0n) is 18.7. The van der Waals surface area contributed by atoms with Crippen LogP contribution in [0.25, 0.3) is 0 Å². The molecular formula is C23H28ClN7O2. The first kappa shape index (κ1) is 21.9. The van der Waals surface area contributed by atoms with Gasteiger partial charge in [0, 0.05) is 50.4 Å². The summed E-state index contributed by atoms with van der Waals surface area (Å²) in [6.45, 7) is 3.03. The highest BCUT2D eigenvalue weighted by Gasteiger charge is 2.27. The van der Waals surface area contributed by atoms with Gasteiger partial charge in [0.25, 0.3) is 5.95 Å². The van der Waals surface area contributed by atoms with Gasteiger partial charge < -0.3 is 18.9 Å². The van der Waals surface area contributed by atoms with Gasteiger partial charge >= 0.3 is 0 Å². The number of carbonyl (C=O) groups excluding carboxylic acids is 1. The number of fused-ring (bicyclic) bond motifs is 1. The van der Waals surface area contributed by atoms with Crippen LogP contribution in [0.15, 0.2) is 41.2 Å². The van der Waals surface area contributed by atoms with Gasteiger partial charge in [-0.15, -0.1) is 0 Å². The lowest BCUT2D eigenvalue weighted by Gasteiger charge is -2.33. The fourth-order valence-corrected chi connectivity index (χ4v) is 4.92. The SMILES string of the molecule is CN(C(=O)CCc1nc(N2CCC(c3ccccc3Cl)CC2)no1)C1Cn2ccnc2CN1. The number of anilines is 1. The predicted molar refractivity (Wildman–Crippen MR) is 124 cm³/mol. The molecule has 33 heavy (non-hydrogen) atoms. The third-order valence-electron chi connectivity index (χ3n) is 6.66. The molecule has 1 atom stereocenters. The maximum atomic E-state index is 12.7. The smallest absolute Gasteiger partial charge is 0.266 e. The molecule has 4 heterocycles. The molecule has 0 radical (unpaired) electrons. The first-order valence-corrected chi connectivity index (χ1v) is 11.8. The van der Waals surface area contributed by atoms with E-state index < -0.39 is 0 Å². The van der Waals surface area contributed by atoms with E-state index >= 15 is 0 Å². The summed E-state index contributed by atoms with van der Waals surface area (Å²) in [5, 5.41) is 8.35. The van der Waals surface area contributed by atoms with Crippen LogP contribution in [-0.2, 0) is 24.3 Å². The molecule has 2 aliphatic heterocycles. The van der Waals surface area contributed by atoms with E-state index in [2.05, 4.69) is 36.0 Å². The van der Waals surface area contributed by atoms with Crippen molar-refractivity contribution in [2.45, 2.75) is 50.9 Å². The molecule has 2 aromatic heterocycles. The molecule has 9 nitrogen and oxygen atoms in total. The molecule has 0 spiro atoms. The lowest BCUT2D eigenvalue weighted by Crippen LogP contribution is -2.51. The highest BCUT2D eigenvalue weighted by Crippen LogP contribution is 2.33. The van der Waals surface area contributed by atoms with Crippen LogP contribution in [0.1, 0.15) is 42.5 Å². The van der Waals surface area contributed by atoms with E-state index in [0.29, 0.717) is 43.7 Å². The topological polar surface area (TPSA) is 92.3 Å². The van der Waals surface area contributed by atoms with E-state index in [1.165, 1.54) is 5.56 Å². The number of amides is 1. The Morgan fingerprint density at radius 3 is 2.94 bits per heavy atom. The summed E-state index contributed by atoms with van der Waals surface area (Å²) in [6, 6.07) is 8.07. The van der Waals surface area contributed by atoms with Crippen LogP contribution in [0, 0.1) is 0 Å². The van der Waals surface area contributed by atoms with Gasteiger partial charge in [0.05, 0.1) is 13.1 Å². The zero-order valence-corrected chi connectivity index (χ0v) is 19.4. The van der Waals surface area contributed by atoms with Gasteiger partial charge in [0.1, 0.15) is 12.0 Å². The van der Waals surface area contributed by atoms with E-state index in [9.17, 15) is 4.79 Å². The molecule has 0 aliphatic carbocycles. The fraction of sp³-hybridized carbons (Fsp3) is 0.478. The van der Waals surface area contributed by atoms with Gasteiger partial charge in [-0.1, -0.05) is 29.8 Å². The quantitative estimate of drug-likeness (QED) is 0.593. The molecule has 3 aromatic rings. The largest absolute Gasteiger partial charge is 0.338 e. The van der Waals surface area contributed by atoms with Crippen molar-refractivity contribution >= 4 is 23.5 Å². The molecule has 2 aliphatic rings. The Hall–Kier alpha value is -2.91. The summed E-state index contributed by atoms with van der Waals surface area (Å²) in [6.07, 6.45) is 6.40. The van der Waals surface area contributed by atoms with Crippen molar-refractivity contribution in [2.75, 3.05) is 25.0 Å². The minimum atomic E-state index is -0.0585. The second kappa shape index (κ2) is 9.52. The summed E-state index contributed by atoms with van der Waals surface area (Å²) >= 11 is 6.37. The Kier molecular flexibility index (Phi) is 6.32. The van der Waals surface area contributed by atoms with E-state index in [4.69, 9.17) is 16.1 Å². The average molecular weight is 470 g/mol. The van der Waals surface area contributed by atoms with E-state index in [1.54, 1.807) is 11.1 Å². The van der Waals surface area contributed by atoms with Crippen molar-refractivity contribution in [1.82, 2.24) is 29.9 Å². The fourth-order valence-electron chi connectivity index (χ4n) is 4.63. The van der Waals surface area contributed by atoms with Gasteiger partial charge in [-0.2, -0.15) is 4.98 Å². The van der Waals surface area contributed by atoms with Crippen LogP contribution < -0.4 is 10.2 Å². The third kappa shape index (κ3) is 4.74. The molecule has 5 rings (SSSR count). The number of nitrogens with one attached hydrogen (secondary N) is 1. The van der Waals surface area contributed by atoms with Crippen LogP contribution in [0.2, 0.25) is 5.02 Å². The monoisotopic (exact) mass is 469 g/mol. The number of benzene rings is 1. The Balaban J connectivity index is 1.11. The lowest BCUT2D eigenvalue weighted by atomic mass is 9.89. The Bertz CT molecular complexity index is 1110. The molecule has 0 bridgehead atoms. The molecular weight excluding hydrogens is 442 g/mol. The standard InChI is InChI=1S/C23H28ClN7O2/c1-29(20-15-31-13-10-25-19(31)14-26-20)22(32)7-6-21-27-23(28-33-21)30-11-8-16(9-12-30)17-4-2-3-5-18(17)24/h2-5,10,13,16,20,26H,6-9,11-12,14-15H2,1H3. The van der Waals surface area contributed by atoms with Crippen LogP contribution in [0.3, 0.4) is 0 Å². The van der Waals surface area contributed by atoms with Crippen LogP contribution in [0.5, 0.6) is 0 Å². The lowest BCUT2D eigenvalue weighted by molar-refractivity contribution is -0.133. The number of rotatable bonds is 6. The highest BCUT2D eigenvalue weighted by molar-refractivity contribution is 6.31. The summed E-state index contributed by atoms with van der Waals surface area (Å²) in [5.41, 5.74) is 1.21. The minimum absolute atomic E-state index is 0.0383. The van der Waals surface area contributed by atoms with Crippen molar-refractivity contribution < 1.29 is 9.32 Å². The molecule has 1 unspecified atom stereocenters. The number of nitrogens with zero attached hydrogens (tertiary/aromatic N) is 6. The Morgan fingerprint density at radius 1 is 1.30 bits per heavy atom. The highest BCUT2D eigenvalue weighted by atomic mass is 35.5. The van der Waals surface area contributed by atoms with Gasteiger partial charge in [-0.05, 0) is 35.5 Å². The number of imidazole rings is 1. The third-order valence-corrected chi connectivity index (χ3v) is 7.01. The molecule has 1 fully saturated rings. The Morgan fingerprint density at radius 2 is 2.12 bits per heavy atom. The van der Waals surface area contributed by atoms with E-state index in [0.717, 1.165) is 36.8 Å². The summed E-state index contributed by atoms with van der Waals surface area (Å²) in [4.78, 5) is 25.4. The number of carbonyl (C=O) groups is 1. The first-order valence-electron chi connectivity index (χ1n) is 11.4. The van der Waals surface area contributed by atoms with Crippen molar-refractivity contribution in [3.8, 4) is 0 Å². The van der Waals surface area contributed by atoms with E-state index in [-0.39, 0.29) is 12.1 Å². The van der Waals surface area contributed by atoms with Crippen LogP contribution in [0.4, 0.5) is 5.95 Å². The van der Waals surface area contributed by atoms with Crippen molar-refractivity contribution in [3.05, 3.63) is 59.0 Å². The summed E-state index contributed by atoms with van der Waals surface area (Å²) < 4.78 is 7.51. The molecule has 1 N–H and O–H groups in total. The number of hydrogen-bond donors (Lipinski definition) is 1. The van der Waals surface area contributed by atoms with Crippen molar-refractivity contribution in [1.29, 1.82) is 0 Å². The van der Waals surface area contributed by atoms with Crippen LogP contribution >= 0.6 is 11.6 Å². The first-order chi connectivity index (χ1) is 16.1. The van der Waals surface area contributed by atoms with Crippen LogP contribution in [-0.4, -0.2) is 56.8 Å². The maximum Gasteiger partial charge on any atom is 0.266 e. The number of aryl methyl sites for hydroxylation is 1. The number of aromatic nitrogens is 4. The molecule has 1 aromatic carbocycles. The maximum absolute atomic E-state index is 12.7. The summed E-state index contributed by atoms with van der Waals surface area (Å²) in [7, 11) is 1.82. The molecule has 1 amide bonds. The molecule has 1 saturated heterocycles. The number of piperidine rings is 1. The zero-order chi connectivity index (χ0) is 22.8. The van der Waals surface area contributed by atoms with Gasteiger partial charge in [0.15, 0.2) is 0 Å². The van der Waals surface area contributed by atoms with E-state index in [1.807, 2.05) is 31.4 Å². The molecule has 174 valence electrons. The van der Waals surface area contributed by atoms with Gasteiger partial charge in [0.2, 0.25) is 11.8 Å². The average Bonchev–Trinajstić information content (AvgIpc) is 3.52. The number of halogens is 1. The second-order valence-corrected chi connectivity index (χ2v) is 9.08. The molecule has 0 saturated carbocycles. The van der Waals surface area contributed by atoms with Crippen molar-refractivity contribution in [3.63, 3.8) is 0 Å². The second-order valence-electron chi connectivity index (χ2n) is 8.67. The van der Waals surface area contributed by atoms with Gasteiger partial charge in [-0.3, -0.25) is 10.1 Å². The molecule has 10 heteroatoms. The summed E-state index contributed by atoms with van der Waals surface area (Å²) in [5.74, 6) is 2.57. The van der Waals surface area contributed by atoms with Gasteiger partial charge in [-0.25, -0.2) is 4.98 Å². The Labute approximate surface area is 197 Å². The minimum Gasteiger partial charge on any atom is -0.338 e. The predicted octanol–water partition coefficient (Wildman–Crippen LogP) is 2.82. The van der Waals surface area contributed by atoms with Crippen molar-refractivity contribution in [2.24, 2.45) is 0 Å².